The molecule has 0 aliphatic carbocycles. The summed E-state index contributed by atoms with van der Waals surface area (Å²) >= 11 is 12.8. The third-order valence-electron chi connectivity index (χ3n) is 6.37. The summed E-state index contributed by atoms with van der Waals surface area (Å²) < 4.78 is 29.5. The van der Waals surface area contributed by atoms with Crippen molar-refractivity contribution in [3.63, 3.8) is 0 Å². The lowest BCUT2D eigenvalue weighted by Crippen LogP contribution is -2.30. The summed E-state index contributed by atoms with van der Waals surface area (Å²) in [5.74, 6) is -1.76. The molecule has 40 heavy (non-hydrogen) atoms. The fraction of sp³-hybridized carbons (Fsp3) is 0.250. The Morgan fingerprint density at radius 2 is 1.73 bits per heavy atom. The Balaban J connectivity index is 1.68. The summed E-state index contributed by atoms with van der Waals surface area (Å²) in [5, 5.41) is 16.6. The second-order valence-corrected chi connectivity index (χ2v) is 11.7. The highest BCUT2D eigenvalue weighted by molar-refractivity contribution is 7.90. The number of aromatic nitrogens is 2. The van der Waals surface area contributed by atoms with Gasteiger partial charge in [0.15, 0.2) is 5.82 Å². The highest BCUT2D eigenvalue weighted by Gasteiger charge is 2.25. The quantitative estimate of drug-likeness (QED) is 0.225. The van der Waals surface area contributed by atoms with Gasteiger partial charge < -0.3 is 10.0 Å². The van der Waals surface area contributed by atoms with Gasteiger partial charge in [0.05, 0.1) is 21.8 Å². The lowest BCUT2D eigenvalue weighted by Gasteiger charge is -2.21. The van der Waals surface area contributed by atoms with Crippen LogP contribution in [0.4, 0.5) is 5.82 Å². The van der Waals surface area contributed by atoms with Gasteiger partial charge in [-0.2, -0.15) is 0 Å². The number of carboxylic acids is 1. The first-order chi connectivity index (χ1) is 19.0. The Labute approximate surface area is 242 Å². The molecule has 0 bridgehead atoms. The number of halogens is 2. The number of anilines is 1. The molecule has 1 heterocycles. The normalized spacial score (nSPS) is 11.5. The van der Waals surface area contributed by atoms with Crippen LogP contribution in [0.1, 0.15) is 53.1 Å². The zero-order valence-corrected chi connectivity index (χ0v) is 24.4. The lowest BCUT2D eigenvalue weighted by atomic mass is 10.1. The van der Waals surface area contributed by atoms with E-state index in [-0.39, 0.29) is 21.7 Å². The molecule has 2 N–H and O–H groups in total. The lowest BCUT2D eigenvalue weighted by molar-refractivity contribution is 0.0696. The van der Waals surface area contributed by atoms with Crippen molar-refractivity contribution >= 4 is 61.7 Å². The molecule has 12 heteroatoms. The fourth-order valence-corrected chi connectivity index (χ4v) is 5.90. The first-order valence-corrected chi connectivity index (χ1v) is 14.9. The van der Waals surface area contributed by atoms with Crippen LogP contribution < -0.4 is 9.62 Å². The van der Waals surface area contributed by atoms with Crippen LogP contribution in [0.2, 0.25) is 10.0 Å². The van der Waals surface area contributed by atoms with Crippen molar-refractivity contribution in [1.82, 2.24) is 14.5 Å². The minimum absolute atomic E-state index is 0.154. The van der Waals surface area contributed by atoms with Crippen molar-refractivity contribution in [2.45, 2.75) is 38.5 Å². The average molecular weight is 604 g/mol. The minimum atomic E-state index is -4.29. The van der Waals surface area contributed by atoms with Crippen molar-refractivity contribution < 1.29 is 23.1 Å². The molecule has 210 valence electrons. The maximum atomic E-state index is 13.0. The van der Waals surface area contributed by atoms with Crippen LogP contribution in [0.5, 0.6) is 0 Å². The molecule has 3 aromatic carbocycles. The molecule has 0 unspecified atom stereocenters. The predicted octanol–water partition coefficient (Wildman–Crippen LogP) is 6.08. The highest BCUT2D eigenvalue weighted by Crippen LogP contribution is 2.32. The van der Waals surface area contributed by atoms with Gasteiger partial charge in [-0.3, -0.25) is 4.79 Å². The number of hydrogen-bond donors (Lipinski definition) is 2. The molecule has 9 nitrogen and oxygen atoms in total. The van der Waals surface area contributed by atoms with Gasteiger partial charge in [-0.25, -0.2) is 22.6 Å². The summed E-state index contributed by atoms with van der Waals surface area (Å²) in [4.78, 5) is 27.1. The highest BCUT2D eigenvalue weighted by atomic mass is 35.5. The molecule has 0 aliphatic rings. The number of carboxylic acid groups (broad SMARTS) is 1. The second kappa shape index (κ2) is 11.9. The Bertz CT molecular complexity index is 1710. The smallest absolute Gasteiger partial charge is 0.337 e. The number of nitrogens with zero attached hydrogens (tertiary/aromatic N) is 3. The second-order valence-electron chi connectivity index (χ2n) is 9.22. The number of hydrogen-bond acceptors (Lipinski definition) is 6. The van der Waals surface area contributed by atoms with E-state index in [1.54, 1.807) is 31.2 Å². The van der Waals surface area contributed by atoms with E-state index in [0.717, 1.165) is 37.4 Å². The topological polar surface area (TPSA) is 122 Å². The van der Waals surface area contributed by atoms with E-state index in [1.165, 1.54) is 28.9 Å². The van der Waals surface area contributed by atoms with Gasteiger partial charge in [0, 0.05) is 29.1 Å². The largest absolute Gasteiger partial charge is 0.478 e. The molecule has 0 spiro atoms. The summed E-state index contributed by atoms with van der Waals surface area (Å²) in [7, 11) is -4.29. The third-order valence-corrected chi connectivity index (χ3v) is 8.47. The number of amides is 1. The Hall–Kier alpha value is -3.60. The molecule has 0 aliphatic heterocycles. The minimum Gasteiger partial charge on any atom is -0.478 e. The van der Waals surface area contributed by atoms with E-state index < -0.39 is 21.9 Å². The van der Waals surface area contributed by atoms with Gasteiger partial charge in [-0.05, 0) is 61.5 Å². The SMILES string of the molecule is CCCN(CCC)c1nn(-c2ccc(C(=O)NS(=O)(=O)c3ccc4cccc(Cl)c4c3)cc2C(=O)O)c(C)c1Cl. The van der Waals surface area contributed by atoms with Crippen molar-refractivity contribution in [3.05, 3.63) is 81.5 Å². The standard InChI is InChI=1S/C28H28Cl2N4O5S/c1-4-13-33(14-5-2)26-25(30)17(3)34(31-26)24-12-10-19(15-22(24)28(36)37)27(35)32-40(38,39)20-11-9-18-7-6-8-23(29)21(18)16-20/h6-12,15-16H,4-5,13-14H2,1-3H3,(H,32,35)(H,36,37). The zero-order valence-electron chi connectivity index (χ0n) is 22.1. The van der Waals surface area contributed by atoms with E-state index in [1.807, 2.05) is 23.5 Å². The van der Waals surface area contributed by atoms with Gasteiger partial charge in [0.25, 0.3) is 15.9 Å². The molecule has 1 aromatic heterocycles. The number of nitrogens with one attached hydrogen (secondary N) is 1. The zero-order chi connectivity index (χ0) is 29.2. The van der Waals surface area contributed by atoms with Crippen molar-refractivity contribution in [1.29, 1.82) is 0 Å². The molecule has 0 fully saturated rings. The molecule has 0 radical (unpaired) electrons. The van der Waals surface area contributed by atoms with Gasteiger partial charge in [-0.1, -0.05) is 55.2 Å². The average Bonchev–Trinajstić information content (AvgIpc) is 3.21. The van der Waals surface area contributed by atoms with E-state index in [0.29, 0.717) is 26.9 Å². The molecular formula is C28H28Cl2N4O5S. The Morgan fingerprint density at radius 1 is 1.02 bits per heavy atom. The van der Waals surface area contributed by atoms with Crippen molar-refractivity contribution in [3.8, 4) is 5.69 Å². The summed E-state index contributed by atoms with van der Waals surface area (Å²) in [5.41, 5.74) is 0.327. The molecule has 0 atom stereocenters. The van der Waals surface area contributed by atoms with Crippen LogP contribution in [0.3, 0.4) is 0 Å². The Kier molecular flexibility index (Phi) is 8.72. The van der Waals surface area contributed by atoms with Gasteiger partial charge in [0.1, 0.15) is 5.02 Å². The third kappa shape index (κ3) is 5.79. The van der Waals surface area contributed by atoms with Gasteiger partial charge >= 0.3 is 5.97 Å². The van der Waals surface area contributed by atoms with E-state index in [2.05, 4.69) is 5.10 Å². The first kappa shape index (κ1) is 29.4. The number of rotatable bonds is 10. The van der Waals surface area contributed by atoms with Gasteiger partial charge in [-0.15, -0.1) is 5.10 Å². The summed E-state index contributed by atoms with van der Waals surface area (Å²) in [6.07, 6.45) is 1.75. The monoisotopic (exact) mass is 602 g/mol. The predicted molar refractivity (Wildman–Crippen MR) is 157 cm³/mol. The number of fused-ring (bicyclic) bond motifs is 1. The first-order valence-electron chi connectivity index (χ1n) is 12.6. The maximum Gasteiger partial charge on any atom is 0.337 e. The molecule has 4 rings (SSSR count). The number of aromatic carboxylic acids is 1. The maximum absolute atomic E-state index is 13.0. The van der Waals surface area contributed by atoms with Gasteiger partial charge in [0.2, 0.25) is 0 Å². The number of benzene rings is 3. The summed E-state index contributed by atoms with van der Waals surface area (Å²) in [6, 6.07) is 13.4. The summed E-state index contributed by atoms with van der Waals surface area (Å²) in [6.45, 7) is 7.27. The van der Waals surface area contributed by atoms with Crippen LogP contribution in [-0.4, -0.2) is 48.3 Å². The van der Waals surface area contributed by atoms with Crippen LogP contribution in [0.25, 0.3) is 16.5 Å². The molecule has 0 saturated heterocycles. The fourth-order valence-electron chi connectivity index (χ4n) is 4.42. The number of carbonyl (C=O) groups excluding carboxylic acids is 1. The molecule has 1 amide bonds. The van der Waals surface area contributed by atoms with E-state index in [9.17, 15) is 23.1 Å². The van der Waals surface area contributed by atoms with Crippen molar-refractivity contribution in [2.24, 2.45) is 0 Å². The Morgan fingerprint density at radius 3 is 2.38 bits per heavy atom. The molecular weight excluding hydrogens is 575 g/mol. The number of carbonyl (C=O) groups is 2. The molecule has 4 aromatic rings. The van der Waals surface area contributed by atoms with E-state index in [4.69, 9.17) is 23.2 Å². The molecule has 0 saturated carbocycles. The van der Waals surface area contributed by atoms with Crippen molar-refractivity contribution in [2.75, 3.05) is 18.0 Å². The van der Waals surface area contributed by atoms with Crippen LogP contribution in [0.15, 0.2) is 59.5 Å². The van der Waals surface area contributed by atoms with E-state index >= 15 is 0 Å². The van der Waals surface area contributed by atoms with Crippen LogP contribution in [0, 0.1) is 6.92 Å². The van der Waals surface area contributed by atoms with Crippen LogP contribution in [-0.2, 0) is 10.0 Å². The number of sulfonamides is 1. The van der Waals surface area contributed by atoms with Crippen LogP contribution >= 0.6 is 23.2 Å².